The number of amides is 1. The van der Waals surface area contributed by atoms with E-state index < -0.39 is 12.1 Å². The SMILES string of the molecule is CCCCCCCCCCCCC/C=C/C(O)C(CO)NC(=O)CCCCCCCCCCCCCCCCCCCCCCCCCCCCOC(=O)CCCCCCCCCCCCCCCCCCCCC. The Bertz CT molecular complexity index is 1130. The smallest absolute Gasteiger partial charge is 0.305 e. The van der Waals surface area contributed by atoms with E-state index in [1.165, 1.54) is 327 Å². The molecule has 0 bridgehead atoms. The van der Waals surface area contributed by atoms with E-state index in [0.717, 1.165) is 38.5 Å². The molecule has 75 heavy (non-hydrogen) atoms. The van der Waals surface area contributed by atoms with E-state index >= 15 is 0 Å². The fourth-order valence-corrected chi connectivity index (χ4v) is 11.1. The summed E-state index contributed by atoms with van der Waals surface area (Å²) < 4.78 is 5.51. The van der Waals surface area contributed by atoms with Crippen LogP contribution in [-0.4, -0.2) is 47.4 Å². The van der Waals surface area contributed by atoms with E-state index in [9.17, 15) is 19.8 Å². The van der Waals surface area contributed by atoms with Crippen LogP contribution in [0.5, 0.6) is 0 Å². The first-order valence-corrected chi connectivity index (χ1v) is 34.5. The number of allylic oxidation sites excluding steroid dienone is 1. The van der Waals surface area contributed by atoms with Crippen molar-refractivity contribution in [1.29, 1.82) is 0 Å². The zero-order valence-corrected chi connectivity index (χ0v) is 51.1. The van der Waals surface area contributed by atoms with Crippen molar-refractivity contribution in [2.45, 2.75) is 405 Å². The topological polar surface area (TPSA) is 95.9 Å². The molecule has 0 rings (SSSR count). The lowest BCUT2D eigenvalue weighted by Crippen LogP contribution is -2.45. The normalized spacial score (nSPS) is 12.5. The highest BCUT2D eigenvalue weighted by atomic mass is 16.5. The summed E-state index contributed by atoms with van der Waals surface area (Å²) in [4.78, 5) is 24.6. The first-order valence-electron chi connectivity index (χ1n) is 34.5. The highest BCUT2D eigenvalue weighted by Gasteiger charge is 2.18. The largest absolute Gasteiger partial charge is 0.466 e. The Morgan fingerprint density at radius 2 is 0.613 bits per heavy atom. The number of aliphatic hydroxyl groups is 2. The average molecular weight is 1060 g/mol. The maximum atomic E-state index is 12.5. The predicted molar refractivity (Wildman–Crippen MR) is 329 cm³/mol. The molecule has 0 aromatic carbocycles. The minimum Gasteiger partial charge on any atom is -0.466 e. The molecule has 0 fully saturated rings. The van der Waals surface area contributed by atoms with Crippen molar-refractivity contribution in [3.05, 3.63) is 12.2 Å². The Kier molecular flexibility index (Phi) is 63.9. The third-order valence-corrected chi connectivity index (χ3v) is 16.3. The van der Waals surface area contributed by atoms with E-state index in [2.05, 4.69) is 19.2 Å². The molecule has 1 amide bonds. The van der Waals surface area contributed by atoms with Crippen LogP contribution in [0.4, 0.5) is 0 Å². The Hall–Kier alpha value is -1.40. The number of unbranched alkanes of at least 4 members (excludes halogenated alkanes) is 54. The van der Waals surface area contributed by atoms with Crippen molar-refractivity contribution >= 4 is 11.9 Å². The fraction of sp³-hybridized carbons (Fsp3) is 0.942. The minimum absolute atomic E-state index is 0.0225. The van der Waals surface area contributed by atoms with Crippen molar-refractivity contribution in [3.63, 3.8) is 0 Å². The minimum atomic E-state index is -0.841. The highest BCUT2D eigenvalue weighted by molar-refractivity contribution is 5.76. The molecule has 0 aliphatic carbocycles. The van der Waals surface area contributed by atoms with Gasteiger partial charge in [0.25, 0.3) is 0 Å². The highest BCUT2D eigenvalue weighted by Crippen LogP contribution is 2.19. The summed E-state index contributed by atoms with van der Waals surface area (Å²) in [5.41, 5.74) is 0. The van der Waals surface area contributed by atoms with Crippen molar-refractivity contribution < 1.29 is 24.5 Å². The third kappa shape index (κ3) is 61.7. The number of aliphatic hydroxyl groups excluding tert-OH is 2. The summed E-state index contributed by atoms with van der Waals surface area (Å²) >= 11 is 0. The fourth-order valence-electron chi connectivity index (χ4n) is 11.1. The molecule has 2 unspecified atom stereocenters. The molecule has 446 valence electrons. The Balaban J connectivity index is 3.33. The van der Waals surface area contributed by atoms with Gasteiger partial charge in [0.15, 0.2) is 0 Å². The van der Waals surface area contributed by atoms with E-state index in [1.54, 1.807) is 6.08 Å². The first-order chi connectivity index (χ1) is 37.0. The van der Waals surface area contributed by atoms with Gasteiger partial charge in [0.05, 0.1) is 25.4 Å². The second-order valence-electron chi connectivity index (χ2n) is 23.9. The van der Waals surface area contributed by atoms with E-state index in [-0.39, 0.29) is 18.5 Å². The van der Waals surface area contributed by atoms with E-state index in [1.807, 2.05) is 6.08 Å². The van der Waals surface area contributed by atoms with Crippen LogP contribution < -0.4 is 5.32 Å². The van der Waals surface area contributed by atoms with Crippen LogP contribution in [0, 0.1) is 0 Å². The van der Waals surface area contributed by atoms with Crippen molar-refractivity contribution in [2.24, 2.45) is 0 Å². The molecule has 6 heteroatoms. The van der Waals surface area contributed by atoms with Crippen LogP contribution in [0.25, 0.3) is 0 Å². The zero-order chi connectivity index (χ0) is 54.3. The summed E-state index contributed by atoms with van der Waals surface area (Å²) in [6, 6.07) is -0.625. The molecule has 0 saturated heterocycles. The number of nitrogens with one attached hydrogen (secondary N) is 1. The summed E-state index contributed by atoms with van der Waals surface area (Å²) in [5, 5.41) is 23.1. The van der Waals surface area contributed by atoms with Crippen LogP contribution in [-0.2, 0) is 14.3 Å². The molecule has 0 radical (unpaired) electrons. The van der Waals surface area contributed by atoms with Gasteiger partial charge in [-0.1, -0.05) is 360 Å². The zero-order valence-electron chi connectivity index (χ0n) is 51.1. The number of esters is 1. The van der Waals surface area contributed by atoms with Crippen molar-refractivity contribution in [1.82, 2.24) is 5.32 Å². The summed E-state index contributed by atoms with van der Waals surface area (Å²) in [7, 11) is 0. The molecule has 0 aromatic rings. The van der Waals surface area contributed by atoms with Gasteiger partial charge in [-0.3, -0.25) is 9.59 Å². The van der Waals surface area contributed by atoms with Crippen LogP contribution in [0.1, 0.15) is 393 Å². The van der Waals surface area contributed by atoms with Crippen LogP contribution in [0.3, 0.4) is 0 Å². The molecule has 0 aliphatic heterocycles. The molecule has 0 aromatic heterocycles. The lowest BCUT2D eigenvalue weighted by molar-refractivity contribution is -0.143. The maximum Gasteiger partial charge on any atom is 0.305 e. The Morgan fingerprint density at radius 3 is 0.907 bits per heavy atom. The monoisotopic (exact) mass is 1060 g/mol. The summed E-state index contributed by atoms with van der Waals surface area (Å²) in [6.45, 7) is 4.94. The van der Waals surface area contributed by atoms with E-state index in [0.29, 0.717) is 19.4 Å². The van der Waals surface area contributed by atoms with Crippen LogP contribution in [0.15, 0.2) is 12.2 Å². The maximum absolute atomic E-state index is 12.5. The number of carbonyl (C=O) groups is 2. The molecule has 6 nitrogen and oxygen atoms in total. The molecule has 2 atom stereocenters. The number of carbonyl (C=O) groups excluding carboxylic acids is 2. The molecular weight excluding hydrogens is 923 g/mol. The molecule has 0 aliphatic rings. The molecule has 3 N–H and O–H groups in total. The lowest BCUT2D eigenvalue weighted by Gasteiger charge is -2.20. The third-order valence-electron chi connectivity index (χ3n) is 16.3. The standard InChI is InChI=1S/C69H135NO5/c1-3-5-7-9-11-13-15-17-18-19-28-32-35-39-43-47-51-55-59-63-69(74)75-64-60-56-52-48-44-40-36-33-30-27-25-23-21-20-22-24-26-29-31-34-38-42-46-50-54-58-62-68(73)70-66(65-71)67(72)61-57-53-49-45-41-37-16-14-12-10-8-6-4-2/h57,61,66-67,71-72H,3-56,58-60,62-65H2,1-2H3,(H,70,73)/b61-57+. The lowest BCUT2D eigenvalue weighted by atomic mass is 10.0. The van der Waals surface area contributed by atoms with Gasteiger partial charge in [-0.2, -0.15) is 0 Å². The second-order valence-corrected chi connectivity index (χ2v) is 23.9. The number of ether oxygens (including phenoxy) is 1. The molecule has 0 spiro atoms. The molecular formula is C69H135NO5. The van der Waals surface area contributed by atoms with Gasteiger partial charge in [-0.15, -0.1) is 0 Å². The van der Waals surface area contributed by atoms with E-state index in [4.69, 9.17) is 4.74 Å². The van der Waals surface area contributed by atoms with Gasteiger partial charge < -0.3 is 20.3 Å². The quantitative estimate of drug-likeness (QED) is 0.0320. The molecule has 0 saturated carbocycles. The molecule has 0 heterocycles. The van der Waals surface area contributed by atoms with Crippen LogP contribution >= 0.6 is 0 Å². The number of hydrogen-bond donors (Lipinski definition) is 3. The van der Waals surface area contributed by atoms with Crippen molar-refractivity contribution in [2.75, 3.05) is 13.2 Å². The van der Waals surface area contributed by atoms with Gasteiger partial charge >= 0.3 is 5.97 Å². The van der Waals surface area contributed by atoms with Gasteiger partial charge in [-0.05, 0) is 32.1 Å². The summed E-state index contributed by atoms with van der Waals surface area (Å²) in [5.74, 6) is -0.0413. The van der Waals surface area contributed by atoms with Crippen LogP contribution in [0.2, 0.25) is 0 Å². The average Bonchev–Trinajstić information content (AvgIpc) is 3.41. The second kappa shape index (κ2) is 65.1. The predicted octanol–water partition coefficient (Wildman–Crippen LogP) is 22.0. The van der Waals surface area contributed by atoms with Gasteiger partial charge in [-0.25, -0.2) is 0 Å². The van der Waals surface area contributed by atoms with Crippen molar-refractivity contribution in [3.8, 4) is 0 Å². The van der Waals surface area contributed by atoms with Gasteiger partial charge in [0.2, 0.25) is 5.91 Å². The first kappa shape index (κ1) is 73.6. The van der Waals surface area contributed by atoms with Gasteiger partial charge in [0.1, 0.15) is 0 Å². The Morgan fingerprint density at radius 1 is 0.360 bits per heavy atom. The van der Waals surface area contributed by atoms with Gasteiger partial charge in [0, 0.05) is 12.8 Å². The Labute approximate surface area is 469 Å². The number of rotatable bonds is 65. The number of hydrogen-bond acceptors (Lipinski definition) is 5. The summed E-state index contributed by atoms with van der Waals surface area (Å²) in [6.07, 6.45) is 80.0.